The minimum absolute atomic E-state index is 0.763. The van der Waals surface area contributed by atoms with Crippen molar-refractivity contribution >= 4 is 51.1 Å². The zero-order valence-corrected chi connectivity index (χ0v) is 19.0. The van der Waals surface area contributed by atoms with Crippen LogP contribution in [0.25, 0.3) is 4.91 Å². The average Bonchev–Trinajstić information content (AvgIpc) is 2.80. The summed E-state index contributed by atoms with van der Waals surface area (Å²) < 4.78 is 2.81. The molecule has 0 nitrogen and oxygen atoms in total. The summed E-state index contributed by atoms with van der Waals surface area (Å²) in [5, 5.41) is 0.763. The molecule has 0 amide bonds. The van der Waals surface area contributed by atoms with Gasteiger partial charge >= 0.3 is 187 Å². The number of halogens is 1. The maximum atomic E-state index is 6.09. The van der Waals surface area contributed by atoms with Gasteiger partial charge in [-0.15, -0.1) is 0 Å². The first kappa shape index (κ1) is 20.1. The number of thioether (sulfide) groups is 1. The van der Waals surface area contributed by atoms with E-state index >= 15 is 0 Å². The van der Waals surface area contributed by atoms with Gasteiger partial charge in [0.25, 0.3) is 0 Å². The summed E-state index contributed by atoms with van der Waals surface area (Å²) in [6.07, 6.45) is 0. The van der Waals surface area contributed by atoms with Gasteiger partial charge in [-0.3, -0.25) is 0 Å². The van der Waals surface area contributed by atoms with E-state index in [1.807, 2.05) is 12.1 Å². The Morgan fingerprint density at radius 3 is 1.62 bits per heavy atom. The summed E-state index contributed by atoms with van der Waals surface area (Å²) in [7, 11) is 0. The molecule has 0 unspecified atom stereocenters. The monoisotopic (exact) mass is 479 g/mol. The van der Waals surface area contributed by atoms with E-state index in [-0.39, 0.29) is 0 Å². The second kappa shape index (κ2) is 10.0. The number of hydrogen-bond donors (Lipinski definition) is 0. The van der Waals surface area contributed by atoms with Gasteiger partial charge in [0.05, 0.1) is 0 Å². The number of hydrogen-bond acceptors (Lipinski definition) is 1. The van der Waals surface area contributed by atoms with Gasteiger partial charge in [-0.1, -0.05) is 0 Å². The molecule has 0 fully saturated rings. The molecule has 0 aliphatic carbocycles. The third-order valence-corrected chi connectivity index (χ3v) is 10.3. The van der Waals surface area contributed by atoms with E-state index in [9.17, 15) is 0 Å². The zero-order chi connectivity index (χ0) is 19.9. The van der Waals surface area contributed by atoms with Gasteiger partial charge in [0.1, 0.15) is 0 Å². The fourth-order valence-corrected chi connectivity index (χ4v) is 8.42. The average molecular weight is 479 g/mol. The molecule has 0 aliphatic rings. The van der Waals surface area contributed by atoms with E-state index in [0.717, 1.165) is 5.02 Å². The molecule has 0 radical (unpaired) electrons. The Bertz CT molecular complexity index is 1020. The van der Waals surface area contributed by atoms with Crippen molar-refractivity contribution < 1.29 is 0 Å². The van der Waals surface area contributed by atoms with Crippen LogP contribution in [0.1, 0.15) is 5.56 Å². The Morgan fingerprint density at radius 2 is 1.10 bits per heavy atom. The summed E-state index contributed by atoms with van der Waals surface area (Å²) in [4.78, 5) is 4.97. The Hall–Kier alpha value is -2.22. The van der Waals surface area contributed by atoms with Crippen molar-refractivity contribution in [3.8, 4) is 0 Å². The van der Waals surface area contributed by atoms with E-state index in [1.54, 1.807) is 11.8 Å². The Labute approximate surface area is 186 Å². The third kappa shape index (κ3) is 5.44. The quantitative estimate of drug-likeness (QED) is 0.231. The van der Waals surface area contributed by atoms with Crippen LogP contribution in [0.2, 0.25) is 5.02 Å². The Morgan fingerprint density at radius 1 is 0.621 bits per heavy atom. The minimum atomic E-state index is -1.37. The van der Waals surface area contributed by atoms with Crippen molar-refractivity contribution in [2.24, 2.45) is 0 Å². The fraction of sp³-hybridized carbons (Fsp3) is 0. The molecule has 3 heteroatoms. The summed E-state index contributed by atoms with van der Waals surface area (Å²) in [5.41, 5.74) is 1.24. The van der Waals surface area contributed by atoms with Crippen molar-refractivity contribution in [2.75, 3.05) is 0 Å². The normalized spacial score (nSPS) is 11.6. The Balaban J connectivity index is 1.80. The summed E-state index contributed by atoms with van der Waals surface area (Å²) in [5.74, 6) is 0. The molecule has 0 N–H and O–H groups in total. The summed E-state index contributed by atoms with van der Waals surface area (Å²) in [6.45, 7) is 0. The molecule has 0 saturated heterocycles. The van der Waals surface area contributed by atoms with Crippen LogP contribution in [0.3, 0.4) is 0 Å². The second-order valence-electron chi connectivity index (χ2n) is 6.37. The van der Waals surface area contributed by atoms with Crippen molar-refractivity contribution in [3.05, 3.63) is 131 Å². The van der Waals surface area contributed by atoms with Crippen LogP contribution in [0, 0.1) is 0 Å². The van der Waals surface area contributed by atoms with Gasteiger partial charge in [-0.05, 0) is 0 Å². The van der Waals surface area contributed by atoms with E-state index < -0.39 is 13.9 Å². The first-order chi connectivity index (χ1) is 14.3. The molecule has 4 aromatic rings. The standard InChI is InChI=1S/C26H20ClSSe/c27-22-16-18-23(19-17-22)28-26(21-10-4-1-5-11-21)20-29(24-12-6-2-7-13-24)25-14-8-3-9-15-25/h1-20H/q+1/b26-20-. The first-order valence-corrected chi connectivity index (χ1v) is 13.2. The van der Waals surface area contributed by atoms with Crippen LogP contribution in [-0.4, -0.2) is 13.9 Å². The molecule has 0 atom stereocenters. The molecule has 29 heavy (non-hydrogen) atoms. The number of benzene rings is 4. The van der Waals surface area contributed by atoms with Gasteiger partial charge in [-0.25, -0.2) is 0 Å². The van der Waals surface area contributed by atoms with Crippen LogP contribution < -0.4 is 8.92 Å². The summed E-state index contributed by atoms with van der Waals surface area (Å²) >= 11 is 6.53. The molecule has 142 valence electrons. The van der Waals surface area contributed by atoms with Gasteiger partial charge in [-0.2, -0.15) is 0 Å². The van der Waals surface area contributed by atoms with Crippen LogP contribution in [0.5, 0.6) is 0 Å². The molecule has 4 aromatic carbocycles. The van der Waals surface area contributed by atoms with Crippen molar-refractivity contribution in [3.63, 3.8) is 0 Å². The van der Waals surface area contributed by atoms with Gasteiger partial charge < -0.3 is 0 Å². The molecule has 0 aromatic heterocycles. The predicted molar refractivity (Wildman–Crippen MR) is 130 cm³/mol. The van der Waals surface area contributed by atoms with E-state index in [4.69, 9.17) is 11.6 Å². The van der Waals surface area contributed by atoms with Crippen molar-refractivity contribution in [1.82, 2.24) is 0 Å². The molecule has 0 saturated carbocycles. The zero-order valence-electron chi connectivity index (χ0n) is 15.7. The van der Waals surface area contributed by atoms with Crippen LogP contribution >= 0.6 is 23.4 Å². The SMILES string of the molecule is Clc1ccc(S/C(=C\[Se+](c2ccccc2)c2ccccc2)c2ccccc2)cc1. The summed E-state index contributed by atoms with van der Waals surface area (Å²) in [6, 6.07) is 40.5. The van der Waals surface area contributed by atoms with Crippen molar-refractivity contribution in [2.45, 2.75) is 4.90 Å². The van der Waals surface area contributed by atoms with Crippen molar-refractivity contribution in [1.29, 1.82) is 0 Å². The Kier molecular flexibility index (Phi) is 6.92. The van der Waals surface area contributed by atoms with E-state index in [1.165, 1.54) is 24.3 Å². The third-order valence-electron chi connectivity index (χ3n) is 4.32. The van der Waals surface area contributed by atoms with E-state index in [0.29, 0.717) is 0 Å². The predicted octanol–water partition coefficient (Wildman–Crippen LogP) is 6.32. The van der Waals surface area contributed by atoms with Gasteiger partial charge in [0, 0.05) is 0 Å². The van der Waals surface area contributed by atoms with E-state index in [2.05, 4.69) is 108 Å². The van der Waals surface area contributed by atoms with Gasteiger partial charge in [0.2, 0.25) is 0 Å². The molecule has 0 aliphatic heterocycles. The van der Waals surface area contributed by atoms with Crippen LogP contribution in [0.15, 0.2) is 125 Å². The fourth-order valence-electron chi connectivity index (χ4n) is 2.90. The van der Waals surface area contributed by atoms with Crippen LogP contribution in [0.4, 0.5) is 0 Å². The topological polar surface area (TPSA) is 0 Å². The molecule has 0 heterocycles. The maximum absolute atomic E-state index is 6.09. The first-order valence-electron chi connectivity index (χ1n) is 9.33. The van der Waals surface area contributed by atoms with Gasteiger partial charge in [0.15, 0.2) is 0 Å². The molecule has 4 rings (SSSR count). The molecule has 0 bridgehead atoms. The second-order valence-corrected chi connectivity index (χ2v) is 11.8. The molecular weight excluding hydrogens is 459 g/mol. The number of rotatable bonds is 6. The molecular formula is C26H20ClSSe+. The molecule has 0 spiro atoms. The van der Waals surface area contributed by atoms with Crippen LogP contribution in [-0.2, 0) is 0 Å².